The van der Waals surface area contributed by atoms with Crippen molar-refractivity contribution in [3.8, 4) is 0 Å². The summed E-state index contributed by atoms with van der Waals surface area (Å²) < 4.78 is 0. The fraction of sp³-hybridized carbons (Fsp3) is 0.381. The first kappa shape index (κ1) is 16.2. The summed E-state index contributed by atoms with van der Waals surface area (Å²) in [5.74, 6) is 0.400. The SMILES string of the molecule is Cc1cccc(NC(=O)N2c3ccc(C)cc3C3CN(C)CCC32)c1. The van der Waals surface area contributed by atoms with E-state index in [-0.39, 0.29) is 12.1 Å². The number of carbonyl (C=O) groups is 1. The van der Waals surface area contributed by atoms with Gasteiger partial charge in [0.15, 0.2) is 0 Å². The van der Waals surface area contributed by atoms with Crippen molar-refractivity contribution in [3.05, 3.63) is 59.2 Å². The Morgan fingerprint density at radius 2 is 1.92 bits per heavy atom. The summed E-state index contributed by atoms with van der Waals surface area (Å²) in [6, 6.07) is 14.7. The number of hydrogen-bond donors (Lipinski definition) is 1. The predicted octanol–water partition coefficient (Wildman–Crippen LogP) is 4.14. The van der Waals surface area contributed by atoms with Gasteiger partial charge in [-0.2, -0.15) is 0 Å². The Hall–Kier alpha value is -2.33. The zero-order chi connectivity index (χ0) is 17.6. The summed E-state index contributed by atoms with van der Waals surface area (Å²) in [5, 5.41) is 3.10. The van der Waals surface area contributed by atoms with Crippen LogP contribution in [-0.4, -0.2) is 37.1 Å². The molecule has 2 atom stereocenters. The quantitative estimate of drug-likeness (QED) is 0.850. The summed E-state index contributed by atoms with van der Waals surface area (Å²) >= 11 is 0. The monoisotopic (exact) mass is 335 g/mol. The van der Waals surface area contributed by atoms with Crippen molar-refractivity contribution in [2.24, 2.45) is 0 Å². The molecule has 2 aromatic rings. The number of aryl methyl sites for hydroxylation is 2. The first-order valence-electron chi connectivity index (χ1n) is 8.99. The molecule has 4 nitrogen and oxygen atoms in total. The van der Waals surface area contributed by atoms with E-state index >= 15 is 0 Å². The van der Waals surface area contributed by atoms with E-state index in [4.69, 9.17) is 0 Å². The zero-order valence-corrected chi connectivity index (χ0v) is 15.1. The lowest BCUT2D eigenvalue weighted by atomic mass is 9.89. The highest BCUT2D eigenvalue weighted by Gasteiger charge is 2.43. The number of carbonyl (C=O) groups excluding carboxylic acids is 1. The Labute approximate surface area is 149 Å². The number of likely N-dealkylation sites (N-methyl/N-ethyl adjacent to an activating group) is 1. The van der Waals surface area contributed by atoms with E-state index in [1.54, 1.807) is 0 Å². The van der Waals surface area contributed by atoms with Crippen LogP contribution in [0.5, 0.6) is 0 Å². The Balaban J connectivity index is 1.67. The number of rotatable bonds is 1. The van der Waals surface area contributed by atoms with Gasteiger partial charge in [-0.15, -0.1) is 0 Å². The molecule has 0 aliphatic carbocycles. The van der Waals surface area contributed by atoms with Gasteiger partial charge in [-0.25, -0.2) is 4.79 Å². The third kappa shape index (κ3) is 2.91. The van der Waals surface area contributed by atoms with E-state index < -0.39 is 0 Å². The minimum Gasteiger partial charge on any atom is -0.308 e. The van der Waals surface area contributed by atoms with Crippen LogP contribution in [0.25, 0.3) is 0 Å². The molecule has 2 aliphatic heterocycles. The molecule has 4 rings (SSSR count). The van der Waals surface area contributed by atoms with Crippen LogP contribution in [0.4, 0.5) is 16.2 Å². The Kier molecular flexibility index (Phi) is 4.00. The van der Waals surface area contributed by atoms with Crippen molar-refractivity contribution in [3.63, 3.8) is 0 Å². The number of likely N-dealkylation sites (tertiary alicyclic amines) is 1. The summed E-state index contributed by atoms with van der Waals surface area (Å²) in [4.78, 5) is 17.5. The molecule has 0 spiro atoms. The normalized spacial score (nSPS) is 22.4. The third-order valence-corrected chi connectivity index (χ3v) is 5.44. The highest BCUT2D eigenvalue weighted by Crippen LogP contribution is 2.45. The number of piperidine rings is 1. The lowest BCUT2D eigenvalue weighted by Gasteiger charge is -2.36. The molecule has 0 saturated carbocycles. The fourth-order valence-corrected chi connectivity index (χ4v) is 4.25. The van der Waals surface area contributed by atoms with Crippen LogP contribution in [0.1, 0.15) is 29.0 Å². The second kappa shape index (κ2) is 6.19. The number of fused-ring (bicyclic) bond motifs is 3. The predicted molar refractivity (Wildman–Crippen MR) is 102 cm³/mol. The van der Waals surface area contributed by atoms with Gasteiger partial charge in [0.1, 0.15) is 0 Å². The lowest BCUT2D eigenvalue weighted by molar-refractivity contribution is 0.224. The molecule has 2 aliphatic rings. The van der Waals surface area contributed by atoms with Crippen molar-refractivity contribution in [2.45, 2.75) is 32.2 Å². The van der Waals surface area contributed by atoms with Gasteiger partial charge in [-0.1, -0.05) is 29.8 Å². The van der Waals surface area contributed by atoms with Gasteiger partial charge in [0.05, 0.1) is 0 Å². The van der Waals surface area contributed by atoms with Crippen LogP contribution < -0.4 is 10.2 Å². The van der Waals surface area contributed by atoms with E-state index in [1.165, 1.54) is 11.1 Å². The van der Waals surface area contributed by atoms with E-state index in [0.717, 1.165) is 36.4 Å². The van der Waals surface area contributed by atoms with Gasteiger partial charge in [0.25, 0.3) is 0 Å². The first-order valence-corrected chi connectivity index (χ1v) is 8.99. The molecule has 2 aromatic carbocycles. The Morgan fingerprint density at radius 1 is 1.12 bits per heavy atom. The number of urea groups is 1. The molecular weight excluding hydrogens is 310 g/mol. The number of anilines is 2. The first-order chi connectivity index (χ1) is 12.0. The maximum atomic E-state index is 13.1. The molecule has 1 N–H and O–H groups in total. The maximum absolute atomic E-state index is 13.1. The molecule has 4 heteroatoms. The largest absolute Gasteiger partial charge is 0.326 e. The topological polar surface area (TPSA) is 35.6 Å². The van der Waals surface area contributed by atoms with Crippen LogP contribution in [0.15, 0.2) is 42.5 Å². The van der Waals surface area contributed by atoms with Gasteiger partial charge in [0, 0.05) is 29.9 Å². The number of nitrogens with one attached hydrogen (secondary N) is 1. The van der Waals surface area contributed by atoms with E-state index in [9.17, 15) is 4.79 Å². The van der Waals surface area contributed by atoms with Gasteiger partial charge in [-0.3, -0.25) is 4.90 Å². The van der Waals surface area contributed by atoms with Crippen molar-refractivity contribution < 1.29 is 4.79 Å². The molecule has 2 amide bonds. The maximum Gasteiger partial charge on any atom is 0.326 e. The molecule has 1 fully saturated rings. The van der Waals surface area contributed by atoms with Crippen LogP contribution in [0.3, 0.4) is 0 Å². The second-order valence-electron chi connectivity index (χ2n) is 7.46. The average molecular weight is 335 g/mol. The van der Waals surface area contributed by atoms with Crippen LogP contribution >= 0.6 is 0 Å². The highest BCUT2D eigenvalue weighted by molar-refractivity contribution is 6.04. The van der Waals surface area contributed by atoms with Gasteiger partial charge in [-0.05, 0) is 63.2 Å². The van der Waals surface area contributed by atoms with E-state index in [2.05, 4.69) is 42.4 Å². The van der Waals surface area contributed by atoms with Gasteiger partial charge in [0.2, 0.25) is 0 Å². The fourth-order valence-electron chi connectivity index (χ4n) is 4.25. The van der Waals surface area contributed by atoms with Crippen molar-refractivity contribution in [1.29, 1.82) is 0 Å². The minimum absolute atomic E-state index is 0.0206. The van der Waals surface area contributed by atoms with Crippen LogP contribution in [0.2, 0.25) is 0 Å². The van der Waals surface area contributed by atoms with Crippen molar-refractivity contribution in [1.82, 2.24) is 4.90 Å². The standard InChI is InChI=1S/C21H25N3O/c1-14-5-4-6-16(11-14)22-21(25)24-19-8-7-15(2)12-17(19)18-13-23(3)10-9-20(18)24/h4-8,11-12,18,20H,9-10,13H2,1-3H3,(H,22,25). The average Bonchev–Trinajstić information content (AvgIpc) is 2.88. The van der Waals surface area contributed by atoms with Crippen LogP contribution in [-0.2, 0) is 0 Å². The molecule has 1 saturated heterocycles. The lowest BCUT2D eigenvalue weighted by Crippen LogP contribution is -2.48. The molecule has 0 aromatic heterocycles. The molecule has 130 valence electrons. The van der Waals surface area contributed by atoms with Crippen molar-refractivity contribution >= 4 is 17.4 Å². The highest BCUT2D eigenvalue weighted by atomic mass is 16.2. The summed E-state index contributed by atoms with van der Waals surface area (Å²) in [6.45, 7) is 6.20. The Morgan fingerprint density at radius 3 is 2.72 bits per heavy atom. The molecule has 2 unspecified atom stereocenters. The smallest absolute Gasteiger partial charge is 0.308 e. The minimum atomic E-state index is -0.0206. The van der Waals surface area contributed by atoms with E-state index in [0.29, 0.717) is 5.92 Å². The van der Waals surface area contributed by atoms with Crippen molar-refractivity contribution in [2.75, 3.05) is 30.4 Å². The summed E-state index contributed by atoms with van der Waals surface area (Å²) in [5.41, 5.74) is 5.64. The van der Waals surface area contributed by atoms with Crippen LogP contribution in [0, 0.1) is 13.8 Å². The molecule has 0 radical (unpaired) electrons. The number of nitrogens with zero attached hydrogens (tertiary/aromatic N) is 2. The molecule has 2 heterocycles. The summed E-state index contributed by atoms with van der Waals surface area (Å²) in [7, 11) is 2.17. The molecular formula is C21H25N3O. The number of hydrogen-bond acceptors (Lipinski definition) is 2. The van der Waals surface area contributed by atoms with Gasteiger partial charge < -0.3 is 10.2 Å². The zero-order valence-electron chi connectivity index (χ0n) is 15.1. The Bertz CT molecular complexity index is 817. The molecule has 0 bridgehead atoms. The molecule has 25 heavy (non-hydrogen) atoms. The second-order valence-corrected chi connectivity index (χ2v) is 7.46. The van der Waals surface area contributed by atoms with Gasteiger partial charge >= 0.3 is 6.03 Å². The number of benzene rings is 2. The third-order valence-electron chi connectivity index (χ3n) is 5.44. The number of amides is 2. The van der Waals surface area contributed by atoms with E-state index in [1.807, 2.05) is 36.1 Å². The summed E-state index contributed by atoms with van der Waals surface area (Å²) in [6.07, 6.45) is 1.01.